The summed E-state index contributed by atoms with van der Waals surface area (Å²) >= 11 is 6.21. The largest absolute Gasteiger partial charge is 0.497 e. The Bertz CT molecular complexity index is 1330. The van der Waals surface area contributed by atoms with Crippen LogP contribution in [0.4, 0.5) is 0 Å². The number of carbonyl (C=O) groups excluding carboxylic acids is 1. The highest BCUT2D eigenvalue weighted by molar-refractivity contribution is 6.32. The number of methoxy groups -OCH3 is 1. The van der Waals surface area contributed by atoms with Crippen LogP contribution >= 0.6 is 11.6 Å². The second-order valence-corrected chi connectivity index (χ2v) is 6.43. The maximum atomic E-state index is 12.5. The van der Waals surface area contributed by atoms with Gasteiger partial charge in [0, 0.05) is 16.3 Å². The Morgan fingerprint density at radius 1 is 1.21 bits per heavy atom. The van der Waals surface area contributed by atoms with E-state index in [1.54, 1.807) is 49.6 Å². The molecular formula is C20H14ClN5O3. The van der Waals surface area contributed by atoms with Crippen LogP contribution in [0, 0.1) is 0 Å². The first-order valence-corrected chi connectivity index (χ1v) is 8.90. The number of fused-ring (bicyclic) bond motifs is 2. The molecule has 0 spiro atoms. The molecule has 2 heterocycles. The van der Waals surface area contributed by atoms with Crippen LogP contribution in [0.15, 0.2) is 58.4 Å². The lowest BCUT2D eigenvalue weighted by Gasteiger charge is -2.05. The quantitative estimate of drug-likeness (QED) is 0.307. The third-order valence-electron chi connectivity index (χ3n) is 4.28. The highest BCUT2D eigenvalue weighted by Crippen LogP contribution is 2.23. The first-order valence-electron chi connectivity index (χ1n) is 8.52. The summed E-state index contributed by atoms with van der Waals surface area (Å²) in [4.78, 5) is 28.6. The van der Waals surface area contributed by atoms with E-state index in [1.807, 2.05) is 6.07 Å². The lowest BCUT2D eigenvalue weighted by molar-refractivity contribution is 0.0951. The van der Waals surface area contributed by atoms with E-state index in [1.165, 1.54) is 6.21 Å². The van der Waals surface area contributed by atoms with Crippen molar-refractivity contribution in [3.05, 3.63) is 75.3 Å². The molecule has 1 amide bonds. The second-order valence-electron chi connectivity index (χ2n) is 6.07. The van der Waals surface area contributed by atoms with E-state index in [-0.39, 0.29) is 16.4 Å². The van der Waals surface area contributed by atoms with Crippen LogP contribution in [0.3, 0.4) is 0 Å². The number of nitrogens with one attached hydrogen (secondary N) is 2. The van der Waals surface area contributed by atoms with Gasteiger partial charge in [0.05, 0.1) is 24.2 Å². The number of nitrogens with zero attached hydrogens (tertiary/aromatic N) is 3. The SMILES string of the molecule is COc1ccc2nc(Cl)c(/C=N\NC(=O)c3n[nH]c(=O)c4ccccc34)cc2c1. The van der Waals surface area contributed by atoms with Gasteiger partial charge in [-0.1, -0.05) is 29.8 Å². The molecule has 2 aromatic heterocycles. The highest BCUT2D eigenvalue weighted by atomic mass is 35.5. The molecule has 0 saturated heterocycles. The molecule has 0 radical (unpaired) electrons. The van der Waals surface area contributed by atoms with Crippen molar-refractivity contribution in [1.82, 2.24) is 20.6 Å². The molecule has 4 rings (SSSR count). The Hall–Kier alpha value is -3.78. The second kappa shape index (κ2) is 7.69. The van der Waals surface area contributed by atoms with Crippen molar-refractivity contribution in [2.75, 3.05) is 7.11 Å². The predicted molar refractivity (Wildman–Crippen MR) is 111 cm³/mol. The van der Waals surface area contributed by atoms with E-state index in [0.29, 0.717) is 27.6 Å². The number of aromatic nitrogens is 3. The molecule has 0 aliphatic carbocycles. The monoisotopic (exact) mass is 407 g/mol. The number of benzene rings is 2. The number of carbonyl (C=O) groups is 1. The van der Waals surface area contributed by atoms with Crippen molar-refractivity contribution in [2.24, 2.45) is 5.10 Å². The molecular weight excluding hydrogens is 394 g/mol. The van der Waals surface area contributed by atoms with Gasteiger partial charge in [-0.25, -0.2) is 15.5 Å². The van der Waals surface area contributed by atoms with Gasteiger partial charge in [0.1, 0.15) is 10.9 Å². The molecule has 8 nitrogen and oxygen atoms in total. The van der Waals surface area contributed by atoms with E-state index >= 15 is 0 Å². The lowest BCUT2D eigenvalue weighted by Crippen LogP contribution is -2.22. The van der Waals surface area contributed by atoms with Crippen molar-refractivity contribution in [3.8, 4) is 5.75 Å². The maximum absolute atomic E-state index is 12.5. The summed E-state index contributed by atoms with van der Waals surface area (Å²) in [5, 5.41) is 11.9. The molecule has 0 fully saturated rings. The molecule has 2 aromatic carbocycles. The topological polar surface area (TPSA) is 109 Å². The molecule has 144 valence electrons. The minimum atomic E-state index is -0.569. The lowest BCUT2D eigenvalue weighted by atomic mass is 10.1. The van der Waals surface area contributed by atoms with Gasteiger partial charge >= 0.3 is 0 Å². The van der Waals surface area contributed by atoms with Gasteiger partial charge in [-0.3, -0.25) is 9.59 Å². The van der Waals surface area contributed by atoms with Crippen LogP contribution in [0.5, 0.6) is 5.75 Å². The van der Waals surface area contributed by atoms with E-state index < -0.39 is 5.91 Å². The fraction of sp³-hybridized carbons (Fsp3) is 0.0500. The molecule has 0 saturated carbocycles. The molecule has 4 aromatic rings. The van der Waals surface area contributed by atoms with Gasteiger partial charge in [0.15, 0.2) is 5.69 Å². The molecule has 2 N–H and O–H groups in total. The molecule has 0 unspecified atom stereocenters. The zero-order chi connectivity index (χ0) is 20.4. The Morgan fingerprint density at radius 3 is 2.79 bits per heavy atom. The zero-order valence-corrected chi connectivity index (χ0v) is 15.9. The number of ether oxygens (including phenoxy) is 1. The normalized spacial score (nSPS) is 11.2. The average molecular weight is 408 g/mol. The van der Waals surface area contributed by atoms with E-state index in [0.717, 1.165) is 5.39 Å². The standard InChI is InChI=1S/C20H14ClN5O3/c1-29-13-6-7-16-11(9-13)8-12(18(21)23-16)10-22-25-20(28)17-14-4-2-3-5-15(14)19(27)26-24-17/h2-10H,1H3,(H,25,28)(H,26,27)/b22-10-. The van der Waals surface area contributed by atoms with E-state index in [9.17, 15) is 9.59 Å². The fourth-order valence-corrected chi connectivity index (χ4v) is 3.06. The molecule has 0 bridgehead atoms. The zero-order valence-electron chi connectivity index (χ0n) is 15.1. The van der Waals surface area contributed by atoms with Gasteiger partial charge in [0.2, 0.25) is 0 Å². The van der Waals surface area contributed by atoms with E-state index in [4.69, 9.17) is 16.3 Å². The number of rotatable bonds is 4. The van der Waals surface area contributed by atoms with Gasteiger partial charge in [-0.05, 0) is 30.3 Å². The Morgan fingerprint density at radius 2 is 2.00 bits per heavy atom. The Kier molecular flexibility index (Phi) is 4.92. The number of aromatic amines is 1. The summed E-state index contributed by atoms with van der Waals surface area (Å²) < 4.78 is 5.21. The van der Waals surface area contributed by atoms with Crippen LogP contribution in [-0.2, 0) is 0 Å². The summed E-state index contributed by atoms with van der Waals surface area (Å²) in [5.74, 6) is 0.120. The maximum Gasteiger partial charge on any atom is 0.292 e. The van der Waals surface area contributed by atoms with E-state index in [2.05, 4.69) is 25.7 Å². The van der Waals surface area contributed by atoms with Crippen LogP contribution < -0.4 is 15.7 Å². The van der Waals surface area contributed by atoms with Gasteiger partial charge in [-0.15, -0.1) is 0 Å². The predicted octanol–water partition coefficient (Wildman–Crippen LogP) is 2.90. The molecule has 9 heteroatoms. The number of pyridine rings is 1. The summed E-state index contributed by atoms with van der Waals surface area (Å²) in [5.41, 5.74) is 3.31. The number of hydrogen-bond donors (Lipinski definition) is 2. The van der Waals surface area contributed by atoms with Crippen molar-refractivity contribution in [3.63, 3.8) is 0 Å². The molecule has 0 atom stereocenters. The number of H-pyrrole nitrogens is 1. The van der Waals surface area contributed by atoms with Crippen LogP contribution in [-0.4, -0.2) is 34.4 Å². The summed E-state index contributed by atoms with van der Waals surface area (Å²) in [7, 11) is 1.58. The van der Waals surface area contributed by atoms with Gasteiger partial charge in [0.25, 0.3) is 11.5 Å². The third-order valence-corrected chi connectivity index (χ3v) is 4.59. The summed E-state index contributed by atoms with van der Waals surface area (Å²) in [6.07, 6.45) is 1.39. The van der Waals surface area contributed by atoms with Crippen LogP contribution in [0.25, 0.3) is 21.7 Å². The first-order chi connectivity index (χ1) is 14.1. The Labute approximate surface area is 169 Å². The van der Waals surface area contributed by atoms with Crippen molar-refractivity contribution in [2.45, 2.75) is 0 Å². The number of halogens is 1. The van der Waals surface area contributed by atoms with Crippen molar-refractivity contribution < 1.29 is 9.53 Å². The molecule has 0 aliphatic rings. The van der Waals surface area contributed by atoms with Gasteiger partial charge < -0.3 is 4.74 Å². The average Bonchev–Trinajstić information content (AvgIpc) is 2.74. The van der Waals surface area contributed by atoms with Crippen LogP contribution in [0.1, 0.15) is 16.1 Å². The van der Waals surface area contributed by atoms with Gasteiger partial charge in [-0.2, -0.15) is 10.2 Å². The third kappa shape index (κ3) is 3.65. The number of hydrogen-bond acceptors (Lipinski definition) is 6. The minimum Gasteiger partial charge on any atom is -0.497 e. The van der Waals surface area contributed by atoms with Crippen molar-refractivity contribution in [1.29, 1.82) is 0 Å². The molecule has 29 heavy (non-hydrogen) atoms. The minimum absolute atomic E-state index is 0.0600. The summed E-state index contributed by atoms with van der Waals surface area (Å²) in [6.45, 7) is 0. The highest BCUT2D eigenvalue weighted by Gasteiger charge is 2.13. The number of amides is 1. The summed E-state index contributed by atoms with van der Waals surface area (Å²) in [6, 6.07) is 13.9. The smallest absolute Gasteiger partial charge is 0.292 e. The molecule has 0 aliphatic heterocycles. The van der Waals surface area contributed by atoms with Crippen molar-refractivity contribution >= 4 is 45.4 Å². The Balaban J connectivity index is 1.61. The number of hydrazone groups is 1. The fourth-order valence-electron chi connectivity index (χ4n) is 2.87. The van der Waals surface area contributed by atoms with Crippen LogP contribution in [0.2, 0.25) is 5.15 Å². The first kappa shape index (κ1) is 18.6.